The van der Waals surface area contributed by atoms with Crippen LogP contribution in [0, 0.1) is 5.92 Å². The SMILES string of the molecule is CCCN(CC1CCCNC1)C(=O)c1cccc(Br)c1. The fourth-order valence-electron chi connectivity index (χ4n) is 2.74. The van der Waals surface area contributed by atoms with Crippen LogP contribution in [-0.2, 0) is 0 Å². The largest absolute Gasteiger partial charge is 0.338 e. The van der Waals surface area contributed by atoms with Gasteiger partial charge in [0.1, 0.15) is 0 Å². The summed E-state index contributed by atoms with van der Waals surface area (Å²) in [5.41, 5.74) is 0.775. The number of carbonyl (C=O) groups is 1. The van der Waals surface area contributed by atoms with Crippen molar-refractivity contribution in [2.75, 3.05) is 26.2 Å². The number of benzene rings is 1. The molecule has 1 heterocycles. The molecule has 1 unspecified atom stereocenters. The van der Waals surface area contributed by atoms with E-state index in [9.17, 15) is 4.79 Å². The van der Waals surface area contributed by atoms with Gasteiger partial charge in [0, 0.05) is 23.1 Å². The van der Waals surface area contributed by atoms with E-state index in [1.807, 2.05) is 29.2 Å². The third kappa shape index (κ3) is 4.32. The molecule has 3 nitrogen and oxygen atoms in total. The van der Waals surface area contributed by atoms with Crippen LogP contribution in [0.5, 0.6) is 0 Å². The molecule has 0 aliphatic carbocycles. The first-order chi connectivity index (χ1) is 9.70. The quantitative estimate of drug-likeness (QED) is 0.893. The highest BCUT2D eigenvalue weighted by molar-refractivity contribution is 9.10. The van der Waals surface area contributed by atoms with Crippen LogP contribution < -0.4 is 5.32 Å². The van der Waals surface area contributed by atoms with Crippen LogP contribution >= 0.6 is 15.9 Å². The van der Waals surface area contributed by atoms with Crippen molar-refractivity contribution >= 4 is 21.8 Å². The molecule has 0 bridgehead atoms. The number of hydrogen-bond acceptors (Lipinski definition) is 2. The van der Waals surface area contributed by atoms with Crippen LogP contribution in [0.15, 0.2) is 28.7 Å². The minimum Gasteiger partial charge on any atom is -0.338 e. The Morgan fingerprint density at radius 2 is 2.35 bits per heavy atom. The number of carbonyl (C=O) groups excluding carboxylic acids is 1. The number of nitrogens with zero attached hydrogens (tertiary/aromatic N) is 1. The first-order valence-corrected chi connectivity index (χ1v) is 8.25. The normalized spacial score (nSPS) is 18.8. The highest BCUT2D eigenvalue weighted by Gasteiger charge is 2.21. The first-order valence-electron chi connectivity index (χ1n) is 7.46. The van der Waals surface area contributed by atoms with E-state index in [1.54, 1.807) is 0 Å². The molecule has 0 saturated carbocycles. The van der Waals surface area contributed by atoms with Crippen molar-refractivity contribution in [2.45, 2.75) is 26.2 Å². The van der Waals surface area contributed by atoms with Gasteiger partial charge in [-0.1, -0.05) is 28.9 Å². The third-order valence-electron chi connectivity index (χ3n) is 3.73. The van der Waals surface area contributed by atoms with Gasteiger partial charge in [-0.3, -0.25) is 4.79 Å². The second-order valence-corrected chi connectivity index (χ2v) is 6.39. The minimum absolute atomic E-state index is 0.152. The highest BCUT2D eigenvalue weighted by Crippen LogP contribution is 2.17. The molecule has 1 aliphatic rings. The zero-order valence-corrected chi connectivity index (χ0v) is 13.7. The Kier molecular flexibility index (Phi) is 6.05. The number of rotatable bonds is 5. The maximum absolute atomic E-state index is 12.6. The average Bonchev–Trinajstić information content (AvgIpc) is 2.47. The zero-order valence-electron chi connectivity index (χ0n) is 12.1. The Labute approximate surface area is 129 Å². The molecule has 1 atom stereocenters. The molecule has 0 aromatic heterocycles. The second kappa shape index (κ2) is 7.79. The van der Waals surface area contributed by atoms with Crippen molar-refractivity contribution in [2.24, 2.45) is 5.92 Å². The summed E-state index contributed by atoms with van der Waals surface area (Å²) in [4.78, 5) is 14.7. The van der Waals surface area contributed by atoms with Gasteiger partial charge in [-0.2, -0.15) is 0 Å². The van der Waals surface area contributed by atoms with E-state index in [2.05, 4.69) is 28.2 Å². The van der Waals surface area contributed by atoms with Crippen LogP contribution in [-0.4, -0.2) is 37.0 Å². The fraction of sp³-hybridized carbons (Fsp3) is 0.562. The molecule has 1 N–H and O–H groups in total. The van der Waals surface area contributed by atoms with Crippen LogP contribution in [0.1, 0.15) is 36.5 Å². The molecule has 1 aromatic carbocycles. The first kappa shape index (κ1) is 15.5. The lowest BCUT2D eigenvalue weighted by atomic mass is 9.98. The molecule has 1 fully saturated rings. The van der Waals surface area contributed by atoms with Crippen molar-refractivity contribution < 1.29 is 4.79 Å². The molecule has 110 valence electrons. The summed E-state index contributed by atoms with van der Waals surface area (Å²) < 4.78 is 0.958. The molecule has 0 radical (unpaired) electrons. The van der Waals surface area contributed by atoms with Gasteiger partial charge >= 0.3 is 0 Å². The van der Waals surface area contributed by atoms with E-state index < -0.39 is 0 Å². The number of halogens is 1. The molecule has 0 spiro atoms. The predicted octanol–water partition coefficient (Wildman–Crippen LogP) is 3.30. The van der Waals surface area contributed by atoms with Gasteiger partial charge < -0.3 is 10.2 Å². The van der Waals surface area contributed by atoms with E-state index in [0.29, 0.717) is 5.92 Å². The van der Waals surface area contributed by atoms with E-state index in [-0.39, 0.29) is 5.91 Å². The summed E-state index contributed by atoms with van der Waals surface area (Å²) in [6, 6.07) is 7.68. The molecular formula is C16H23BrN2O. The Bertz CT molecular complexity index is 444. The Hall–Kier alpha value is -0.870. The van der Waals surface area contributed by atoms with Crippen molar-refractivity contribution in [1.29, 1.82) is 0 Å². The summed E-state index contributed by atoms with van der Waals surface area (Å²) in [6.45, 7) is 5.98. The minimum atomic E-state index is 0.152. The molecule has 20 heavy (non-hydrogen) atoms. The van der Waals surface area contributed by atoms with Gasteiger partial charge in [0.25, 0.3) is 5.91 Å². The topological polar surface area (TPSA) is 32.3 Å². The molecule has 1 amide bonds. The summed E-state index contributed by atoms with van der Waals surface area (Å²) >= 11 is 3.44. The predicted molar refractivity (Wildman–Crippen MR) is 85.9 cm³/mol. The summed E-state index contributed by atoms with van der Waals surface area (Å²) in [5.74, 6) is 0.741. The van der Waals surface area contributed by atoms with Crippen molar-refractivity contribution in [3.8, 4) is 0 Å². The molecule has 1 saturated heterocycles. The average molecular weight is 339 g/mol. The number of amides is 1. The lowest BCUT2D eigenvalue weighted by Gasteiger charge is -2.30. The maximum atomic E-state index is 12.6. The molecule has 4 heteroatoms. The molecular weight excluding hydrogens is 316 g/mol. The fourth-order valence-corrected chi connectivity index (χ4v) is 3.14. The smallest absolute Gasteiger partial charge is 0.253 e. The van der Waals surface area contributed by atoms with Gasteiger partial charge in [-0.15, -0.1) is 0 Å². The Morgan fingerprint density at radius 1 is 1.50 bits per heavy atom. The molecule has 1 aliphatic heterocycles. The van der Waals surface area contributed by atoms with E-state index in [4.69, 9.17) is 0 Å². The third-order valence-corrected chi connectivity index (χ3v) is 4.22. The van der Waals surface area contributed by atoms with Gasteiger partial charge in [0.05, 0.1) is 0 Å². The number of nitrogens with one attached hydrogen (secondary N) is 1. The lowest BCUT2D eigenvalue weighted by Crippen LogP contribution is -2.41. The van der Waals surface area contributed by atoms with Crippen LogP contribution in [0.25, 0.3) is 0 Å². The highest BCUT2D eigenvalue weighted by atomic mass is 79.9. The maximum Gasteiger partial charge on any atom is 0.253 e. The van der Waals surface area contributed by atoms with E-state index in [1.165, 1.54) is 12.8 Å². The standard InChI is InChI=1S/C16H23BrN2O/c1-2-9-19(12-13-5-4-8-18-11-13)16(20)14-6-3-7-15(17)10-14/h3,6-7,10,13,18H,2,4-5,8-9,11-12H2,1H3. The van der Waals surface area contributed by atoms with Crippen LogP contribution in [0.2, 0.25) is 0 Å². The van der Waals surface area contributed by atoms with Gasteiger partial charge in [-0.05, 0) is 56.5 Å². The summed E-state index contributed by atoms with van der Waals surface area (Å²) in [7, 11) is 0. The number of hydrogen-bond donors (Lipinski definition) is 1. The van der Waals surface area contributed by atoms with Gasteiger partial charge in [0.2, 0.25) is 0 Å². The summed E-state index contributed by atoms with van der Waals surface area (Å²) in [5, 5.41) is 3.42. The van der Waals surface area contributed by atoms with Gasteiger partial charge in [-0.25, -0.2) is 0 Å². The van der Waals surface area contributed by atoms with Crippen LogP contribution in [0.3, 0.4) is 0 Å². The monoisotopic (exact) mass is 338 g/mol. The second-order valence-electron chi connectivity index (χ2n) is 5.47. The zero-order chi connectivity index (χ0) is 14.4. The molecule has 2 rings (SSSR count). The Morgan fingerprint density at radius 3 is 3.00 bits per heavy atom. The van der Waals surface area contributed by atoms with Crippen LogP contribution in [0.4, 0.5) is 0 Å². The van der Waals surface area contributed by atoms with E-state index >= 15 is 0 Å². The van der Waals surface area contributed by atoms with Crippen molar-refractivity contribution in [3.63, 3.8) is 0 Å². The van der Waals surface area contributed by atoms with Crippen molar-refractivity contribution in [1.82, 2.24) is 10.2 Å². The van der Waals surface area contributed by atoms with Crippen molar-refractivity contribution in [3.05, 3.63) is 34.3 Å². The number of piperidine rings is 1. The van der Waals surface area contributed by atoms with Gasteiger partial charge in [0.15, 0.2) is 0 Å². The molecule has 1 aromatic rings. The van der Waals surface area contributed by atoms with E-state index in [0.717, 1.165) is 42.6 Å². The lowest BCUT2D eigenvalue weighted by molar-refractivity contribution is 0.0718. The summed E-state index contributed by atoms with van der Waals surface area (Å²) in [6.07, 6.45) is 3.44. The Balaban J connectivity index is 2.04.